The van der Waals surface area contributed by atoms with Crippen LogP contribution in [-0.4, -0.2) is 27.6 Å². The number of benzene rings is 2. The van der Waals surface area contributed by atoms with Crippen molar-refractivity contribution in [3.05, 3.63) is 57.2 Å². The molecule has 0 atom stereocenters. The highest BCUT2D eigenvalue weighted by atomic mass is 127. The molecular weight excluding hydrogens is 403 g/mol. The van der Waals surface area contributed by atoms with Gasteiger partial charge in [-0.25, -0.2) is 8.42 Å². The number of hydrogen-bond acceptors (Lipinski definition) is 4. The van der Waals surface area contributed by atoms with Crippen molar-refractivity contribution in [2.75, 3.05) is 13.4 Å². The summed E-state index contributed by atoms with van der Waals surface area (Å²) >= 11 is 2.12. The van der Waals surface area contributed by atoms with Crippen LogP contribution in [0, 0.1) is 3.57 Å². The zero-order chi connectivity index (χ0) is 15.6. The maximum Gasteiger partial charge on any atom is 0.196 e. The number of carbonyl (C=O) groups excluding carboxylic acids is 1. The third kappa shape index (κ3) is 3.62. The van der Waals surface area contributed by atoms with Gasteiger partial charge in [0.05, 0.1) is 17.6 Å². The lowest BCUT2D eigenvalue weighted by atomic mass is 10.0. The van der Waals surface area contributed by atoms with E-state index in [4.69, 9.17) is 4.74 Å². The van der Waals surface area contributed by atoms with Gasteiger partial charge in [0.1, 0.15) is 5.75 Å². The molecule has 2 aromatic carbocycles. The van der Waals surface area contributed by atoms with Gasteiger partial charge in [0, 0.05) is 15.4 Å². The van der Waals surface area contributed by atoms with Crippen LogP contribution >= 0.6 is 22.6 Å². The van der Waals surface area contributed by atoms with Gasteiger partial charge in [-0.15, -0.1) is 0 Å². The zero-order valence-corrected chi connectivity index (χ0v) is 14.4. The van der Waals surface area contributed by atoms with Crippen molar-refractivity contribution in [3.8, 4) is 5.75 Å². The summed E-state index contributed by atoms with van der Waals surface area (Å²) in [6.45, 7) is 0. The number of hydrogen-bond donors (Lipinski definition) is 0. The topological polar surface area (TPSA) is 60.4 Å². The summed E-state index contributed by atoms with van der Waals surface area (Å²) in [5, 5.41) is 0. The van der Waals surface area contributed by atoms with Gasteiger partial charge in [0.25, 0.3) is 0 Å². The molecule has 0 heterocycles. The Morgan fingerprint density at radius 3 is 2.24 bits per heavy atom. The Labute approximate surface area is 137 Å². The fourth-order valence-electron chi connectivity index (χ4n) is 1.87. The highest BCUT2D eigenvalue weighted by molar-refractivity contribution is 14.1. The Morgan fingerprint density at radius 1 is 1.10 bits per heavy atom. The van der Waals surface area contributed by atoms with Crippen molar-refractivity contribution in [1.29, 1.82) is 0 Å². The molecule has 2 rings (SSSR count). The first-order valence-electron chi connectivity index (χ1n) is 6.01. The quantitative estimate of drug-likeness (QED) is 0.568. The minimum absolute atomic E-state index is 0.189. The summed E-state index contributed by atoms with van der Waals surface area (Å²) in [7, 11) is -1.76. The first kappa shape index (κ1) is 16.0. The molecule has 4 nitrogen and oxygen atoms in total. The first-order chi connectivity index (χ1) is 9.82. The second-order valence-electron chi connectivity index (χ2n) is 4.47. The van der Waals surface area contributed by atoms with Crippen LogP contribution in [0.4, 0.5) is 0 Å². The lowest BCUT2D eigenvalue weighted by Gasteiger charge is -2.08. The van der Waals surface area contributed by atoms with Crippen molar-refractivity contribution in [3.63, 3.8) is 0 Å². The van der Waals surface area contributed by atoms with E-state index in [1.54, 1.807) is 12.1 Å². The van der Waals surface area contributed by atoms with E-state index in [0.29, 0.717) is 16.9 Å². The third-order valence-electron chi connectivity index (χ3n) is 2.95. The van der Waals surface area contributed by atoms with Crippen LogP contribution in [0.5, 0.6) is 5.75 Å². The van der Waals surface area contributed by atoms with E-state index >= 15 is 0 Å². The van der Waals surface area contributed by atoms with Crippen molar-refractivity contribution >= 4 is 38.2 Å². The highest BCUT2D eigenvalue weighted by Gasteiger charge is 2.16. The van der Waals surface area contributed by atoms with E-state index in [-0.39, 0.29) is 10.7 Å². The smallest absolute Gasteiger partial charge is 0.196 e. The predicted molar refractivity (Wildman–Crippen MR) is 88.7 cm³/mol. The molecule has 0 radical (unpaired) electrons. The molecule has 0 aliphatic carbocycles. The van der Waals surface area contributed by atoms with Gasteiger partial charge >= 0.3 is 0 Å². The molecule has 6 heteroatoms. The molecule has 0 saturated heterocycles. The monoisotopic (exact) mass is 416 g/mol. The molecule has 21 heavy (non-hydrogen) atoms. The molecule has 2 aromatic rings. The van der Waals surface area contributed by atoms with Crippen LogP contribution in [0.3, 0.4) is 0 Å². The zero-order valence-electron chi connectivity index (χ0n) is 11.5. The van der Waals surface area contributed by atoms with E-state index in [2.05, 4.69) is 22.6 Å². The molecule has 0 unspecified atom stereocenters. The van der Waals surface area contributed by atoms with E-state index in [0.717, 1.165) is 9.83 Å². The number of methoxy groups -OCH3 is 1. The van der Waals surface area contributed by atoms with Gasteiger partial charge in [-0.05, 0) is 65.1 Å². The largest absolute Gasteiger partial charge is 0.496 e. The summed E-state index contributed by atoms with van der Waals surface area (Å²) < 4.78 is 29.0. The van der Waals surface area contributed by atoms with E-state index in [1.165, 1.54) is 31.4 Å². The van der Waals surface area contributed by atoms with Gasteiger partial charge in [-0.2, -0.15) is 0 Å². The average Bonchev–Trinajstić information content (AvgIpc) is 2.45. The van der Waals surface area contributed by atoms with Crippen molar-refractivity contribution in [2.24, 2.45) is 0 Å². The average molecular weight is 416 g/mol. The van der Waals surface area contributed by atoms with Crippen molar-refractivity contribution in [1.82, 2.24) is 0 Å². The third-order valence-corrected chi connectivity index (χ3v) is 4.75. The van der Waals surface area contributed by atoms with Gasteiger partial charge < -0.3 is 4.74 Å². The SMILES string of the molecule is COc1ccc(I)cc1C(=O)c1ccc(S(C)(=O)=O)cc1. The van der Waals surface area contributed by atoms with Crippen molar-refractivity contribution in [2.45, 2.75) is 4.90 Å². The lowest BCUT2D eigenvalue weighted by molar-refractivity contribution is 0.103. The molecule has 0 amide bonds. The number of rotatable bonds is 4. The Balaban J connectivity index is 2.43. The Bertz CT molecular complexity index is 780. The van der Waals surface area contributed by atoms with Crippen LogP contribution in [-0.2, 0) is 9.84 Å². The number of ketones is 1. The predicted octanol–water partition coefficient (Wildman–Crippen LogP) is 2.93. The molecular formula is C15H13IO4S. The highest BCUT2D eigenvalue weighted by Crippen LogP contribution is 2.24. The second kappa shape index (κ2) is 6.15. The number of ether oxygens (including phenoxy) is 1. The molecule has 110 valence electrons. The summed E-state index contributed by atoms with van der Waals surface area (Å²) in [5.74, 6) is 0.290. The van der Waals surface area contributed by atoms with Crippen LogP contribution in [0.1, 0.15) is 15.9 Å². The normalized spacial score (nSPS) is 11.2. The minimum atomic E-state index is -3.27. The molecule has 0 aromatic heterocycles. The molecule has 0 spiro atoms. The van der Waals surface area contributed by atoms with Gasteiger partial charge in [0.15, 0.2) is 15.6 Å². The molecule has 0 fully saturated rings. The van der Waals surface area contributed by atoms with E-state index in [9.17, 15) is 13.2 Å². The number of halogens is 1. The fourth-order valence-corrected chi connectivity index (χ4v) is 2.99. The van der Waals surface area contributed by atoms with Crippen LogP contribution in [0.2, 0.25) is 0 Å². The van der Waals surface area contributed by atoms with Crippen LogP contribution in [0.15, 0.2) is 47.4 Å². The standard InChI is InChI=1S/C15H13IO4S/c1-20-14-8-5-11(16)9-13(14)15(17)10-3-6-12(7-4-10)21(2,18)19/h3-9H,1-2H3. The van der Waals surface area contributed by atoms with Gasteiger partial charge in [0.2, 0.25) is 0 Å². The lowest BCUT2D eigenvalue weighted by Crippen LogP contribution is -2.05. The molecule has 0 saturated carbocycles. The Morgan fingerprint density at radius 2 is 1.71 bits per heavy atom. The van der Waals surface area contributed by atoms with Crippen LogP contribution < -0.4 is 4.74 Å². The molecule has 0 aliphatic heterocycles. The Hall–Kier alpha value is -1.41. The maximum atomic E-state index is 12.5. The van der Waals surface area contributed by atoms with Crippen molar-refractivity contribution < 1.29 is 17.9 Å². The summed E-state index contributed by atoms with van der Waals surface area (Å²) in [6.07, 6.45) is 1.13. The number of carbonyl (C=O) groups is 1. The summed E-state index contributed by atoms with van der Waals surface area (Å²) in [5.41, 5.74) is 0.874. The van der Waals surface area contributed by atoms with Crippen LogP contribution in [0.25, 0.3) is 0 Å². The maximum absolute atomic E-state index is 12.5. The molecule has 0 N–H and O–H groups in total. The van der Waals surface area contributed by atoms with E-state index in [1.807, 2.05) is 6.07 Å². The number of sulfone groups is 1. The molecule has 0 bridgehead atoms. The van der Waals surface area contributed by atoms with Gasteiger partial charge in [-0.1, -0.05) is 0 Å². The first-order valence-corrected chi connectivity index (χ1v) is 8.98. The Kier molecular flexibility index (Phi) is 4.67. The summed E-state index contributed by atoms with van der Waals surface area (Å²) in [4.78, 5) is 12.7. The minimum Gasteiger partial charge on any atom is -0.496 e. The van der Waals surface area contributed by atoms with Gasteiger partial charge in [-0.3, -0.25) is 4.79 Å². The molecule has 0 aliphatic rings. The van der Waals surface area contributed by atoms with E-state index < -0.39 is 9.84 Å². The summed E-state index contributed by atoms with van der Waals surface area (Å²) in [6, 6.07) is 11.2. The second-order valence-corrected chi connectivity index (χ2v) is 7.73. The fraction of sp³-hybridized carbons (Fsp3) is 0.133.